The lowest BCUT2D eigenvalue weighted by molar-refractivity contribution is 0.0703. The van der Waals surface area contributed by atoms with Gasteiger partial charge in [0.25, 0.3) is 5.91 Å². The van der Waals surface area contributed by atoms with Gasteiger partial charge in [-0.1, -0.05) is 0 Å². The van der Waals surface area contributed by atoms with Gasteiger partial charge in [-0.15, -0.1) is 11.3 Å². The molecule has 0 saturated carbocycles. The maximum atomic E-state index is 12.7. The Bertz CT molecular complexity index is 698. The fourth-order valence-corrected chi connectivity index (χ4v) is 3.92. The van der Waals surface area contributed by atoms with Crippen molar-refractivity contribution in [1.29, 1.82) is 0 Å². The second kappa shape index (κ2) is 6.07. The topological polar surface area (TPSA) is 51.0 Å². The Morgan fingerprint density at radius 1 is 1.39 bits per heavy atom. The number of aromatic nitrogens is 3. The zero-order valence-electron chi connectivity index (χ0n) is 14.2. The number of imidazole rings is 1. The Kier molecular flexibility index (Phi) is 4.27. The highest BCUT2D eigenvalue weighted by molar-refractivity contribution is 7.11. The molecule has 2 aromatic rings. The average molecular weight is 332 g/mol. The van der Waals surface area contributed by atoms with Gasteiger partial charge in [0.1, 0.15) is 0 Å². The Hall–Kier alpha value is -1.69. The summed E-state index contributed by atoms with van der Waals surface area (Å²) < 4.78 is 2.24. The van der Waals surface area contributed by atoms with Crippen LogP contribution in [0.4, 0.5) is 0 Å². The summed E-state index contributed by atoms with van der Waals surface area (Å²) in [4.78, 5) is 23.3. The molecule has 0 aliphatic carbocycles. The first kappa shape index (κ1) is 16.2. The number of piperidine rings is 1. The summed E-state index contributed by atoms with van der Waals surface area (Å²) in [7, 11) is 0. The number of amides is 1. The van der Waals surface area contributed by atoms with Gasteiger partial charge >= 0.3 is 0 Å². The van der Waals surface area contributed by atoms with Crippen LogP contribution in [0.1, 0.15) is 60.7 Å². The van der Waals surface area contributed by atoms with Crippen molar-refractivity contribution < 1.29 is 4.79 Å². The first-order chi connectivity index (χ1) is 10.9. The van der Waals surface area contributed by atoms with Crippen LogP contribution in [0, 0.1) is 6.92 Å². The molecule has 0 bridgehead atoms. The van der Waals surface area contributed by atoms with Crippen LogP contribution in [-0.4, -0.2) is 38.4 Å². The van der Waals surface area contributed by atoms with Gasteiger partial charge in [0.15, 0.2) is 5.01 Å². The molecule has 2 aromatic heterocycles. The van der Waals surface area contributed by atoms with Gasteiger partial charge in [0, 0.05) is 47.5 Å². The number of hydrogen-bond acceptors (Lipinski definition) is 4. The fraction of sp³-hybridized carbons (Fsp3) is 0.588. The molecule has 124 valence electrons. The lowest BCUT2D eigenvalue weighted by Crippen LogP contribution is -2.40. The van der Waals surface area contributed by atoms with Crippen LogP contribution in [0.5, 0.6) is 0 Å². The molecule has 6 heteroatoms. The zero-order chi connectivity index (χ0) is 16.6. The first-order valence-corrected chi connectivity index (χ1v) is 8.98. The van der Waals surface area contributed by atoms with E-state index in [1.807, 2.05) is 29.7 Å². The molecule has 0 radical (unpaired) electrons. The van der Waals surface area contributed by atoms with E-state index in [2.05, 4.69) is 35.3 Å². The number of rotatable bonds is 2. The lowest BCUT2D eigenvalue weighted by atomic mass is 9.93. The minimum Gasteiger partial charge on any atom is -0.336 e. The van der Waals surface area contributed by atoms with Gasteiger partial charge in [0.05, 0.1) is 6.33 Å². The van der Waals surface area contributed by atoms with Crippen LogP contribution in [0.2, 0.25) is 0 Å². The van der Waals surface area contributed by atoms with Crippen LogP contribution in [0.25, 0.3) is 0 Å². The monoisotopic (exact) mass is 332 g/mol. The van der Waals surface area contributed by atoms with Crippen molar-refractivity contribution >= 4 is 17.2 Å². The molecule has 1 atom stereocenters. The lowest BCUT2D eigenvalue weighted by Gasteiger charge is -2.34. The smallest absolute Gasteiger partial charge is 0.282 e. The van der Waals surface area contributed by atoms with E-state index < -0.39 is 0 Å². The number of likely N-dealkylation sites (tertiary alicyclic amines) is 1. The zero-order valence-corrected chi connectivity index (χ0v) is 15.1. The third-order valence-corrected chi connectivity index (χ3v) is 5.27. The standard InChI is InChI=1S/C17H24N4OS/c1-12-10-23-15(19-12)16(22)20-7-5-6-13(9-20)14-8-18-11-21(14)17(2,3)4/h8,10-11,13H,5-7,9H2,1-4H3. The minimum absolute atomic E-state index is 0.00450. The molecule has 0 spiro atoms. The molecule has 5 nitrogen and oxygen atoms in total. The molecule has 0 aromatic carbocycles. The summed E-state index contributed by atoms with van der Waals surface area (Å²) in [6, 6.07) is 0. The Morgan fingerprint density at radius 3 is 2.83 bits per heavy atom. The maximum absolute atomic E-state index is 12.7. The van der Waals surface area contributed by atoms with Crippen LogP contribution in [0.3, 0.4) is 0 Å². The Labute approximate surface area is 141 Å². The minimum atomic E-state index is 0.00450. The number of carbonyl (C=O) groups is 1. The fourth-order valence-electron chi connectivity index (χ4n) is 3.16. The van der Waals surface area contributed by atoms with Crippen LogP contribution >= 0.6 is 11.3 Å². The molecule has 1 unspecified atom stereocenters. The third-order valence-electron chi connectivity index (χ3n) is 4.32. The molecular weight excluding hydrogens is 308 g/mol. The highest BCUT2D eigenvalue weighted by Crippen LogP contribution is 2.30. The highest BCUT2D eigenvalue weighted by atomic mass is 32.1. The van der Waals surface area contributed by atoms with E-state index in [0.717, 1.165) is 31.6 Å². The third kappa shape index (κ3) is 3.32. The predicted octanol–water partition coefficient (Wildman–Crippen LogP) is 3.42. The van der Waals surface area contributed by atoms with E-state index in [-0.39, 0.29) is 11.4 Å². The quantitative estimate of drug-likeness (QED) is 0.846. The van der Waals surface area contributed by atoms with Crippen molar-refractivity contribution in [3.63, 3.8) is 0 Å². The summed E-state index contributed by atoms with van der Waals surface area (Å²) in [5, 5.41) is 2.54. The molecule has 23 heavy (non-hydrogen) atoms. The number of aryl methyl sites for hydroxylation is 1. The summed E-state index contributed by atoms with van der Waals surface area (Å²) in [6.45, 7) is 10.0. The normalized spacial score (nSPS) is 19.1. The van der Waals surface area contributed by atoms with Gasteiger partial charge in [0.2, 0.25) is 0 Å². The van der Waals surface area contributed by atoms with Gasteiger partial charge in [-0.3, -0.25) is 4.79 Å². The number of hydrogen-bond donors (Lipinski definition) is 0. The largest absolute Gasteiger partial charge is 0.336 e. The summed E-state index contributed by atoms with van der Waals surface area (Å²) in [6.07, 6.45) is 5.98. The van der Waals surface area contributed by atoms with Gasteiger partial charge < -0.3 is 9.47 Å². The molecule has 1 aliphatic rings. The van der Waals surface area contributed by atoms with E-state index in [0.29, 0.717) is 10.9 Å². The molecule has 1 fully saturated rings. The number of thiazole rings is 1. The Balaban J connectivity index is 1.79. The average Bonchev–Trinajstić information content (AvgIpc) is 3.15. The highest BCUT2D eigenvalue weighted by Gasteiger charge is 2.30. The van der Waals surface area contributed by atoms with Crippen molar-refractivity contribution in [1.82, 2.24) is 19.4 Å². The van der Waals surface area contributed by atoms with E-state index in [1.165, 1.54) is 17.0 Å². The summed E-state index contributed by atoms with van der Waals surface area (Å²) >= 11 is 1.44. The summed E-state index contributed by atoms with van der Waals surface area (Å²) in [5.41, 5.74) is 2.15. The van der Waals surface area contributed by atoms with Gasteiger partial charge in [-0.05, 0) is 40.5 Å². The Morgan fingerprint density at radius 2 is 2.17 bits per heavy atom. The first-order valence-electron chi connectivity index (χ1n) is 8.10. The SMILES string of the molecule is Cc1csc(C(=O)N2CCCC(c3cncn3C(C)(C)C)C2)n1. The molecule has 3 heterocycles. The van der Waals surface area contributed by atoms with Gasteiger partial charge in [-0.2, -0.15) is 0 Å². The predicted molar refractivity (Wildman–Crippen MR) is 92.0 cm³/mol. The van der Waals surface area contributed by atoms with Crippen molar-refractivity contribution in [3.05, 3.63) is 34.3 Å². The maximum Gasteiger partial charge on any atom is 0.282 e. The molecule has 0 N–H and O–H groups in total. The van der Waals surface area contributed by atoms with E-state index in [1.54, 1.807) is 0 Å². The molecule has 1 saturated heterocycles. The number of carbonyl (C=O) groups excluding carboxylic acids is 1. The van der Waals surface area contributed by atoms with Crippen LogP contribution in [0.15, 0.2) is 17.9 Å². The summed E-state index contributed by atoms with van der Waals surface area (Å²) in [5.74, 6) is 0.408. The van der Waals surface area contributed by atoms with Crippen molar-refractivity contribution in [2.24, 2.45) is 0 Å². The second-order valence-electron chi connectivity index (χ2n) is 7.24. The van der Waals surface area contributed by atoms with E-state index >= 15 is 0 Å². The molecule has 1 aliphatic heterocycles. The van der Waals surface area contributed by atoms with Crippen LogP contribution in [-0.2, 0) is 5.54 Å². The molecule has 1 amide bonds. The van der Waals surface area contributed by atoms with Crippen LogP contribution < -0.4 is 0 Å². The molecular formula is C17H24N4OS. The number of nitrogens with zero attached hydrogens (tertiary/aromatic N) is 4. The van der Waals surface area contributed by atoms with Gasteiger partial charge in [-0.25, -0.2) is 9.97 Å². The molecule has 3 rings (SSSR count). The van der Waals surface area contributed by atoms with Crippen molar-refractivity contribution in [2.75, 3.05) is 13.1 Å². The van der Waals surface area contributed by atoms with E-state index in [4.69, 9.17) is 0 Å². The second-order valence-corrected chi connectivity index (χ2v) is 8.10. The van der Waals surface area contributed by atoms with Crippen molar-refractivity contribution in [2.45, 2.75) is 52.0 Å². The van der Waals surface area contributed by atoms with Crippen molar-refractivity contribution in [3.8, 4) is 0 Å². The van der Waals surface area contributed by atoms with E-state index in [9.17, 15) is 4.79 Å².